The molecule has 6 heteroatoms. The summed E-state index contributed by atoms with van der Waals surface area (Å²) in [5, 5.41) is 0.582. The van der Waals surface area contributed by atoms with E-state index in [9.17, 15) is 9.18 Å². The molecular weight excluding hydrogens is 353 g/mol. The lowest BCUT2D eigenvalue weighted by molar-refractivity contribution is 0.0809. The summed E-state index contributed by atoms with van der Waals surface area (Å²) in [5.74, 6) is 0.618. The van der Waals surface area contributed by atoms with Crippen LogP contribution in [0, 0.1) is 11.7 Å². The highest BCUT2D eigenvalue weighted by molar-refractivity contribution is 6.31. The number of imidazole rings is 1. The number of fused-ring (bicyclic) bond motifs is 1. The van der Waals surface area contributed by atoms with E-state index in [1.54, 1.807) is 18.2 Å². The first-order chi connectivity index (χ1) is 12.6. The number of aromatic amines is 1. The largest absolute Gasteiger partial charge is 0.341 e. The van der Waals surface area contributed by atoms with Crippen LogP contribution in [-0.2, 0) is 6.54 Å². The van der Waals surface area contributed by atoms with Crippen molar-refractivity contribution in [3.05, 3.63) is 64.7 Å². The van der Waals surface area contributed by atoms with Gasteiger partial charge in [-0.1, -0.05) is 23.7 Å². The van der Waals surface area contributed by atoms with E-state index in [0.717, 1.165) is 30.7 Å². The number of benzene rings is 2. The highest BCUT2D eigenvalue weighted by Gasteiger charge is 2.27. The average Bonchev–Trinajstić information content (AvgIpc) is 3.02. The van der Waals surface area contributed by atoms with E-state index in [0.29, 0.717) is 29.2 Å². The zero-order chi connectivity index (χ0) is 18.1. The maximum atomic E-state index is 13.3. The third kappa shape index (κ3) is 3.64. The predicted octanol–water partition coefficient (Wildman–Crippen LogP) is 4.45. The van der Waals surface area contributed by atoms with Crippen LogP contribution in [0.3, 0.4) is 0 Å². The molecule has 1 fully saturated rings. The Bertz CT molecular complexity index is 955. The van der Waals surface area contributed by atoms with Gasteiger partial charge in [0.05, 0.1) is 17.6 Å². The Labute approximate surface area is 156 Å². The van der Waals surface area contributed by atoms with Crippen LogP contribution in [0.5, 0.6) is 0 Å². The van der Waals surface area contributed by atoms with Crippen LogP contribution in [-0.4, -0.2) is 33.7 Å². The number of carbonyl (C=O) groups is 1. The van der Waals surface area contributed by atoms with E-state index in [4.69, 9.17) is 11.6 Å². The minimum absolute atomic E-state index is 0.0379. The number of aromatic nitrogens is 2. The molecule has 1 saturated heterocycles. The van der Waals surface area contributed by atoms with E-state index in [-0.39, 0.29) is 17.5 Å². The van der Waals surface area contributed by atoms with E-state index < -0.39 is 0 Å². The van der Waals surface area contributed by atoms with Crippen LogP contribution < -0.4 is 0 Å². The summed E-state index contributed by atoms with van der Waals surface area (Å²) in [7, 11) is 0. The topological polar surface area (TPSA) is 49.0 Å². The fourth-order valence-corrected chi connectivity index (χ4v) is 3.80. The van der Waals surface area contributed by atoms with Gasteiger partial charge < -0.3 is 4.98 Å². The molecule has 1 unspecified atom stereocenters. The Balaban J connectivity index is 1.46. The van der Waals surface area contributed by atoms with Gasteiger partial charge in [-0.3, -0.25) is 9.69 Å². The number of hydrogen-bond acceptors (Lipinski definition) is 3. The standard InChI is InChI=1S/C20H19ClFN3O/c21-15-5-1-3-13(9-15)20(26)14-4-2-8-25(11-14)12-19-23-17-7-6-16(22)10-18(17)24-19/h1,3,5-7,9-10,14H,2,4,8,11-12H2,(H,23,24). The summed E-state index contributed by atoms with van der Waals surface area (Å²) in [5.41, 5.74) is 2.12. The average molecular weight is 372 g/mol. The molecule has 0 spiro atoms. The molecule has 3 aromatic rings. The maximum absolute atomic E-state index is 13.3. The Morgan fingerprint density at radius 3 is 3.04 bits per heavy atom. The summed E-state index contributed by atoms with van der Waals surface area (Å²) in [6, 6.07) is 11.7. The van der Waals surface area contributed by atoms with Crippen molar-refractivity contribution >= 4 is 28.4 Å². The van der Waals surface area contributed by atoms with Crippen LogP contribution in [0.25, 0.3) is 11.0 Å². The fraction of sp³-hybridized carbons (Fsp3) is 0.300. The van der Waals surface area contributed by atoms with E-state index in [1.807, 2.05) is 12.1 Å². The number of Topliss-reactive ketones (excluding diaryl/α,β-unsaturated/α-hetero) is 1. The first kappa shape index (κ1) is 17.2. The van der Waals surface area contributed by atoms with Crippen molar-refractivity contribution in [3.8, 4) is 0 Å². The molecule has 1 atom stereocenters. The molecule has 2 aromatic carbocycles. The van der Waals surface area contributed by atoms with E-state index in [2.05, 4.69) is 14.9 Å². The normalized spacial score (nSPS) is 18.3. The second-order valence-corrected chi connectivity index (χ2v) is 7.23. The molecular formula is C20H19ClFN3O. The quantitative estimate of drug-likeness (QED) is 0.689. The Hall–Kier alpha value is -2.24. The number of carbonyl (C=O) groups excluding carboxylic acids is 1. The molecule has 1 aliphatic heterocycles. The number of likely N-dealkylation sites (tertiary alicyclic amines) is 1. The number of nitrogens with one attached hydrogen (secondary N) is 1. The minimum Gasteiger partial charge on any atom is -0.341 e. The van der Waals surface area contributed by atoms with Crippen LogP contribution in [0.4, 0.5) is 4.39 Å². The van der Waals surface area contributed by atoms with Gasteiger partial charge in [0.25, 0.3) is 0 Å². The van der Waals surface area contributed by atoms with Gasteiger partial charge in [-0.05, 0) is 49.7 Å². The lowest BCUT2D eigenvalue weighted by Crippen LogP contribution is -2.38. The SMILES string of the molecule is O=C(c1cccc(Cl)c1)C1CCCN(Cc2nc3ccc(F)cc3[nH]2)C1. The van der Waals surface area contributed by atoms with Crippen molar-refractivity contribution in [1.82, 2.24) is 14.9 Å². The Morgan fingerprint density at radius 1 is 1.31 bits per heavy atom. The van der Waals surface area contributed by atoms with Gasteiger partial charge >= 0.3 is 0 Å². The molecule has 0 bridgehead atoms. The summed E-state index contributed by atoms with van der Waals surface area (Å²) in [4.78, 5) is 22.7. The molecule has 0 radical (unpaired) electrons. The van der Waals surface area contributed by atoms with Gasteiger partial charge in [0.2, 0.25) is 0 Å². The monoisotopic (exact) mass is 371 g/mol. The fourth-order valence-electron chi connectivity index (χ4n) is 3.61. The molecule has 4 nitrogen and oxygen atoms in total. The van der Waals surface area contributed by atoms with Crippen LogP contribution in [0.1, 0.15) is 29.0 Å². The molecule has 0 saturated carbocycles. The van der Waals surface area contributed by atoms with Gasteiger partial charge in [-0.15, -0.1) is 0 Å². The maximum Gasteiger partial charge on any atom is 0.167 e. The molecule has 0 amide bonds. The lowest BCUT2D eigenvalue weighted by Gasteiger charge is -2.31. The highest BCUT2D eigenvalue weighted by Crippen LogP contribution is 2.24. The first-order valence-corrected chi connectivity index (χ1v) is 9.12. The highest BCUT2D eigenvalue weighted by atomic mass is 35.5. The zero-order valence-electron chi connectivity index (χ0n) is 14.2. The molecule has 1 aromatic heterocycles. The second kappa shape index (κ2) is 7.17. The first-order valence-electron chi connectivity index (χ1n) is 8.75. The molecule has 0 aliphatic carbocycles. The smallest absolute Gasteiger partial charge is 0.167 e. The molecule has 1 aliphatic rings. The number of halogens is 2. The number of nitrogens with zero attached hydrogens (tertiary/aromatic N) is 2. The number of ketones is 1. The van der Waals surface area contributed by atoms with Crippen molar-refractivity contribution in [2.24, 2.45) is 5.92 Å². The molecule has 2 heterocycles. The third-order valence-electron chi connectivity index (χ3n) is 4.85. The predicted molar refractivity (Wildman–Crippen MR) is 99.8 cm³/mol. The number of hydrogen-bond donors (Lipinski definition) is 1. The molecule has 1 N–H and O–H groups in total. The number of H-pyrrole nitrogens is 1. The number of rotatable bonds is 4. The molecule has 134 valence electrons. The number of piperidine rings is 1. The minimum atomic E-state index is -0.280. The Kier molecular flexibility index (Phi) is 4.74. The Morgan fingerprint density at radius 2 is 2.19 bits per heavy atom. The molecule has 4 rings (SSSR count). The second-order valence-electron chi connectivity index (χ2n) is 6.79. The van der Waals surface area contributed by atoms with Gasteiger partial charge in [-0.25, -0.2) is 9.37 Å². The van der Waals surface area contributed by atoms with Crippen LogP contribution in [0.15, 0.2) is 42.5 Å². The van der Waals surface area contributed by atoms with Crippen molar-refractivity contribution in [2.75, 3.05) is 13.1 Å². The summed E-state index contributed by atoms with van der Waals surface area (Å²) >= 11 is 6.01. The van der Waals surface area contributed by atoms with E-state index in [1.165, 1.54) is 12.1 Å². The molecule has 26 heavy (non-hydrogen) atoms. The van der Waals surface area contributed by atoms with Gasteiger partial charge in [0.1, 0.15) is 11.6 Å². The van der Waals surface area contributed by atoms with Gasteiger partial charge in [0.15, 0.2) is 5.78 Å². The van der Waals surface area contributed by atoms with Gasteiger partial charge in [0, 0.05) is 23.0 Å². The van der Waals surface area contributed by atoms with Crippen molar-refractivity contribution in [3.63, 3.8) is 0 Å². The van der Waals surface area contributed by atoms with E-state index >= 15 is 0 Å². The summed E-state index contributed by atoms with van der Waals surface area (Å²) < 4.78 is 13.3. The lowest BCUT2D eigenvalue weighted by atomic mass is 9.90. The third-order valence-corrected chi connectivity index (χ3v) is 5.09. The van der Waals surface area contributed by atoms with Gasteiger partial charge in [-0.2, -0.15) is 0 Å². The van der Waals surface area contributed by atoms with Crippen molar-refractivity contribution in [2.45, 2.75) is 19.4 Å². The summed E-state index contributed by atoms with van der Waals surface area (Å²) in [6.07, 6.45) is 1.85. The van der Waals surface area contributed by atoms with Crippen molar-refractivity contribution in [1.29, 1.82) is 0 Å². The van der Waals surface area contributed by atoms with Crippen LogP contribution >= 0.6 is 11.6 Å². The van der Waals surface area contributed by atoms with Crippen molar-refractivity contribution < 1.29 is 9.18 Å². The zero-order valence-corrected chi connectivity index (χ0v) is 15.0. The summed E-state index contributed by atoms with van der Waals surface area (Å²) in [6.45, 7) is 2.23. The van der Waals surface area contributed by atoms with Crippen LogP contribution in [0.2, 0.25) is 5.02 Å².